The molecule has 2 heterocycles. The summed E-state index contributed by atoms with van der Waals surface area (Å²) in [7, 11) is 1.44. The van der Waals surface area contributed by atoms with Crippen molar-refractivity contribution < 1.29 is 9.53 Å². The quantitative estimate of drug-likeness (QED) is 0.403. The van der Waals surface area contributed by atoms with Crippen LogP contribution in [0.5, 0.6) is 0 Å². The molecule has 32 heavy (non-hydrogen) atoms. The number of methoxy groups -OCH3 is 1. The van der Waals surface area contributed by atoms with E-state index in [4.69, 9.17) is 9.72 Å². The molecule has 0 radical (unpaired) electrons. The van der Waals surface area contributed by atoms with Crippen LogP contribution in [0.3, 0.4) is 0 Å². The summed E-state index contributed by atoms with van der Waals surface area (Å²) in [5.41, 5.74) is 2.10. The standard InChI is InChI=1S/C24H39N5O2S/c1-31-24(30)16-32-19-12-17-14-27-22-8-4-2-6-20(22)25-10-11-26-21-7-3-5-9-23(21)28-15-18(13-19)29-17/h12-13,20-23,25-28H,2-11,14-16H2,1H3/t20-,21?,22-,23?/m1/s1. The maximum absolute atomic E-state index is 11.7. The Morgan fingerprint density at radius 1 is 0.875 bits per heavy atom. The number of fused-ring (bicyclic) bond motifs is 4. The number of pyridine rings is 1. The fraction of sp³-hybridized carbons (Fsp3) is 0.750. The summed E-state index contributed by atoms with van der Waals surface area (Å²) in [5, 5.41) is 15.2. The number of nitrogens with one attached hydrogen (secondary N) is 4. The molecular formula is C24H39N5O2S. The monoisotopic (exact) mass is 461 g/mol. The summed E-state index contributed by atoms with van der Waals surface area (Å²) in [4.78, 5) is 17.7. The minimum atomic E-state index is -0.197. The molecule has 1 aliphatic heterocycles. The van der Waals surface area contributed by atoms with Crippen LogP contribution < -0.4 is 21.3 Å². The number of hydrogen-bond acceptors (Lipinski definition) is 8. The summed E-state index contributed by atoms with van der Waals surface area (Å²) in [6.45, 7) is 3.55. The van der Waals surface area contributed by atoms with Crippen LogP contribution in [0.15, 0.2) is 17.0 Å². The van der Waals surface area contributed by atoms with Gasteiger partial charge in [-0.15, -0.1) is 11.8 Å². The highest BCUT2D eigenvalue weighted by Gasteiger charge is 2.27. The van der Waals surface area contributed by atoms with Crippen molar-refractivity contribution in [2.24, 2.45) is 0 Å². The summed E-state index contributed by atoms with van der Waals surface area (Å²) in [6, 6.07) is 6.24. The van der Waals surface area contributed by atoms with Gasteiger partial charge in [0.2, 0.25) is 0 Å². The number of carbonyl (C=O) groups excluding carboxylic acids is 1. The Balaban J connectivity index is 1.52. The predicted octanol–water partition coefficient (Wildman–Crippen LogP) is 2.34. The molecule has 2 saturated carbocycles. The van der Waals surface area contributed by atoms with Crippen LogP contribution in [-0.4, -0.2) is 61.1 Å². The maximum Gasteiger partial charge on any atom is 0.315 e. The fourth-order valence-corrected chi connectivity index (χ4v) is 6.15. The normalized spacial score (nSPS) is 29.7. The highest BCUT2D eigenvalue weighted by atomic mass is 32.2. The van der Waals surface area contributed by atoms with Gasteiger partial charge in [0, 0.05) is 55.2 Å². The predicted molar refractivity (Wildman–Crippen MR) is 129 cm³/mol. The van der Waals surface area contributed by atoms with Gasteiger partial charge in [0.1, 0.15) is 0 Å². The van der Waals surface area contributed by atoms with E-state index in [9.17, 15) is 4.79 Å². The Labute approximate surface area is 196 Å². The lowest BCUT2D eigenvalue weighted by Crippen LogP contribution is -2.53. The highest BCUT2D eigenvalue weighted by Crippen LogP contribution is 2.23. The van der Waals surface area contributed by atoms with E-state index in [1.54, 1.807) is 0 Å². The minimum absolute atomic E-state index is 0.197. The molecular weight excluding hydrogens is 422 g/mol. The molecule has 4 N–H and O–H groups in total. The number of nitrogens with zero attached hydrogens (tertiary/aromatic N) is 1. The molecule has 7 nitrogen and oxygen atoms in total. The van der Waals surface area contributed by atoms with Gasteiger partial charge in [-0.05, 0) is 37.8 Å². The molecule has 0 spiro atoms. The third kappa shape index (κ3) is 6.90. The third-order valence-corrected chi connectivity index (χ3v) is 8.00. The van der Waals surface area contributed by atoms with Gasteiger partial charge >= 0.3 is 5.97 Å². The highest BCUT2D eigenvalue weighted by molar-refractivity contribution is 8.00. The molecule has 2 aliphatic carbocycles. The van der Waals surface area contributed by atoms with Crippen LogP contribution in [0.25, 0.3) is 0 Å². The summed E-state index contributed by atoms with van der Waals surface area (Å²) < 4.78 is 4.83. The van der Waals surface area contributed by atoms with E-state index in [1.807, 2.05) is 0 Å². The van der Waals surface area contributed by atoms with E-state index in [2.05, 4.69) is 33.4 Å². The Bertz CT molecular complexity index is 701. The van der Waals surface area contributed by atoms with Gasteiger partial charge in [0.15, 0.2) is 0 Å². The van der Waals surface area contributed by atoms with Gasteiger partial charge in [-0.2, -0.15) is 0 Å². The molecule has 3 aliphatic rings. The SMILES string of the molecule is COC(=O)CSc1cc2nc(c1)CN[C@@H]1CCCC[C@H]1NCCNC1CCCCC1NC2. The van der Waals surface area contributed by atoms with Crippen molar-refractivity contribution in [3.8, 4) is 0 Å². The van der Waals surface area contributed by atoms with Gasteiger partial charge in [0.05, 0.1) is 24.3 Å². The zero-order valence-electron chi connectivity index (χ0n) is 19.3. The largest absolute Gasteiger partial charge is 0.468 e. The van der Waals surface area contributed by atoms with Crippen LogP contribution in [0.4, 0.5) is 0 Å². The molecule has 2 bridgehead atoms. The number of carbonyl (C=O) groups is 1. The van der Waals surface area contributed by atoms with Gasteiger partial charge in [0.25, 0.3) is 0 Å². The van der Waals surface area contributed by atoms with Crippen molar-refractivity contribution in [2.75, 3.05) is 26.0 Å². The Kier molecular flexibility index (Phi) is 9.22. The van der Waals surface area contributed by atoms with E-state index >= 15 is 0 Å². The maximum atomic E-state index is 11.7. The first kappa shape index (κ1) is 24.0. The third-order valence-electron chi connectivity index (χ3n) is 7.05. The van der Waals surface area contributed by atoms with Crippen LogP contribution in [0, 0.1) is 0 Å². The molecule has 4 atom stereocenters. The van der Waals surface area contributed by atoms with Crippen LogP contribution >= 0.6 is 11.8 Å². The Morgan fingerprint density at radius 3 is 1.81 bits per heavy atom. The van der Waals surface area contributed by atoms with Crippen molar-refractivity contribution in [3.63, 3.8) is 0 Å². The Morgan fingerprint density at radius 2 is 1.34 bits per heavy atom. The average molecular weight is 462 g/mol. The number of thioether (sulfide) groups is 1. The first-order valence-corrected chi connectivity index (χ1v) is 13.3. The molecule has 2 unspecified atom stereocenters. The van der Waals surface area contributed by atoms with Gasteiger partial charge in [-0.25, -0.2) is 0 Å². The lowest BCUT2D eigenvalue weighted by Gasteiger charge is -2.34. The minimum Gasteiger partial charge on any atom is -0.468 e. The van der Waals surface area contributed by atoms with Crippen molar-refractivity contribution in [1.29, 1.82) is 0 Å². The lowest BCUT2D eigenvalue weighted by molar-refractivity contribution is -0.137. The van der Waals surface area contributed by atoms with Crippen LogP contribution in [0.1, 0.15) is 62.8 Å². The molecule has 0 saturated heterocycles. The van der Waals surface area contributed by atoms with Crippen LogP contribution in [0.2, 0.25) is 0 Å². The molecule has 1 aromatic rings. The topological polar surface area (TPSA) is 87.3 Å². The smallest absolute Gasteiger partial charge is 0.315 e. The first-order chi connectivity index (χ1) is 15.7. The average Bonchev–Trinajstić information content (AvgIpc) is 2.83. The molecule has 0 amide bonds. The summed E-state index contributed by atoms with van der Waals surface area (Å²) >= 11 is 1.53. The number of hydrogen-bond donors (Lipinski definition) is 4. The van der Waals surface area contributed by atoms with E-state index in [1.165, 1.54) is 70.2 Å². The molecule has 2 fully saturated rings. The summed E-state index contributed by atoms with van der Waals surface area (Å²) in [6.07, 6.45) is 10.1. The van der Waals surface area contributed by atoms with Gasteiger partial charge in [-0.1, -0.05) is 25.7 Å². The second kappa shape index (κ2) is 12.3. The number of esters is 1. The van der Waals surface area contributed by atoms with E-state index in [0.29, 0.717) is 29.9 Å². The summed E-state index contributed by atoms with van der Waals surface area (Å²) in [5.74, 6) is 0.125. The van der Waals surface area contributed by atoms with E-state index < -0.39 is 0 Å². The van der Waals surface area contributed by atoms with Gasteiger partial charge in [-0.3, -0.25) is 9.78 Å². The van der Waals surface area contributed by atoms with E-state index in [-0.39, 0.29) is 5.97 Å². The number of ether oxygens (including phenoxy) is 1. The zero-order valence-corrected chi connectivity index (χ0v) is 20.1. The van der Waals surface area contributed by atoms with Crippen molar-refractivity contribution in [1.82, 2.24) is 26.3 Å². The molecule has 8 heteroatoms. The molecule has 0 aromatic carbocycles. The number of rotatable bonds is 3. The van der Waals surface area contributed by atoms with Gasteiger partial charge < -0.3 is 26.0 Å². The second-order valence-electron chi connectivity index (χ2n) is 9.32. The molecule has 4 rings (SSSR count). The van der Waals surface area contributed by atoms with Crippen LogP contribution in [-0.2, 0) is 22.6 Å². The van der Waals surface area contributed by atoms with Crippen molar-refractivity contribution >= 4 is 17.7 Å². The Hall–Kier alpha value is -1.19. The molecule has 1 aromatic heterocycles. The zero-order chi connectivity index (χ0) is 22.2. The van der Waals surface area contributed by atoms with Crippen molar-refractivity contribution in [2.45, 2.75) is 93.5 Å². The molecule has 178 valence electrons. The second-order valence-corrected chi connectivity index (χ2v) is 10.4. The first-order valence-electron chi connectivity index (χ1n) is 12.3. The lowest BCUT2D eigenvalue weighted by atomic mass is 9.89. The fourth-order valence-electron chi connectivity index (χ4n) is 5.31. The number of aromatic nitrogens is 1. The van der Waals surface area contributed by atoms with Crippen molar-refractivity contribution in [3.05, 3.63) is 23.5 Å². The van der Waals surface area contributed by atoms with E-state index in [0.717, 1.165) is 42.5 Å².